The van der Waals surface area contributed by atoms with Gasteiger partial charge in [-0.15, -0.1) is 0 Å². The Balaban J connectivity index is 3.04. The minimum Gasteiger partial charge on any atom is -0.385 e. The van der Waals surface area contributed by atoms with Gasteiger partial charge in [-0.2, -0.15) is 0 Å². The van der Waals surface area contributed by atoms with Gasteiger partial charge in [-0.05, 0) is 19.9 Å². The molecular weight excluding hydrogens is 194 g/mol. The van der Waals surface area contributed by atoms with Gasteiger partial charge in [-0.3, -0.25) is 0 Å². The molecule has 0 radical (unpaired) electrons. The molecule has 4 nitrogen and oxygen atoms in total. The topological polar surface area (TPSA) is 39.7 Å². The van der Waals surface area contributed by atoms with E-state index in [1.54, 1.807) is 7.11 Å². The summed E-state index contributed by atoms with van der Waals surface area (Å²) in [5.74, 6) is 0. The van der Waals surface area contributed by atoms with Gasteiger partial charge in [-0.25, -0.2) is 0 Å². The van der Waals surface area contributed by atoms with Crippen LogP contribution >= 0.6 is 0 Å². The number of nitrogens with one attached hydrogen (secondary N) is 1. The van der Waals surface area contributed by atoms with Crippen molar-refractivity contribution in [3.63, 3.8) is 0 Å². The van der Waals surface area contributed by atoms with Crippen LogP contribution in [-0.2, 0) is 14.2 Å². The van der Waals surface area contributed by atoms with Crippen LogP contribution in [0, 0.1) is 0 Å². The van der Waals surface area contributed by atoms with Gasteiger partial charge < -0.3 is 19.5 Å². The number of methoxy groups -OCH3 is 1. The molecular formula is C11H25NO3. The quantitative estimate of drug-likeness (QED) is 0.527. The predicted molar refractivity (Wildman–Crippen MR) is 61.3 cm³/mol. The summed E-state index contributed by atoms with van der Waals surface area (Å²) >= 11 is 0. The van der Waals surface area contributed by atoms with Crippen molar-refractivity contribution >= 4 is 0 Å². The Morgan fingerprint density at radius 2 is 1.80 bits per heavy atom. The van der Waals surface area contributed by atoms with Crippen molar-refractivity contribution in [3.8, 4) is 0 Å². The molecule has 1 atom stereocenters. The van der Waals surface area contributed by atoms with Gasteiger partial charge in [0.2, 0.25) is 0 Å². The molecule has 1 N–H and O–H groups in total. The zero-order valence-corrected chi connectivity index (χ0v) is 10.3. The zero-order valence-electron chi connectivity index (χ0n) is 10.3. The highest BCUT2D eigenvalue weighted by Gasteiger charge is 2.01. The lowest BCUT2D eigenvalue weighted by Crippen LogP contribution is -2.30. The highest BCUT2D eigenvalue weighted by molar-refractivity contribution is 4.59. The molecule has 4 heteroatoms. The van der Waals surface area contributed by atoms with Gasteiger partial charge in [0.25, 0.3) is 0 Å². The molecule has 0 saturated heterocycles. The maximum absolute atomic E-state index is 5.47. The number of rotatable bonds is 11. The summed E-state index contributed by atoms with van der Waals surface area (Å²) in [4.78, 5) is 0. The predicted octanol–water partition coefficient (Wildman–Crippen LogP) is 1.05. The smallest absolute Gasteiger partial charge is 0.0701 e. The second kappa shape index (κ2) is 11.9. The largest absolute Gasteiger partial charge is 0.385 e. The SMILES string of the molecule is CCC(COCCOCCCOC)NC. The molecule has 0 aromatic rings. The molecule has 0 aliphatic rings. The van der Waals surface area contributed by atoms with Gasteiger partial charge in [0, 0.05) is 26.4 Å². The van der Waals surface area contributed by atoms with E-state index in [0.717, 1.165) is 32.7 Å². The van der Waals surface area contributed by atoms with E-state index in [4.69, 9.17) is 14.2 Å². The summed E-state index contributed by atoms with van der Waals surface area (Å²) in [6, 6.07) is 0.457. The molecule has 0 aliphatic carbocycles. The second-order valence-corrected chi connectivity index (χ2v) is 3.43. The van der Waals surface area contributed by atoms with Crippen LogP contribution < -0.4 is 5.32 Å². The summed E-state index contributed by atoms with van der Waals surface area (Å²) in [5.41, 5.74) is 0. The van der Waals surface area contributed by atoms with Gasteiger partial charge in [0.1, 0.15) is 0 Å². The first-order valence-corrected chi connectivity index (χ1v) is 5.66. The van der Waals surface area contributed by atoms with Crippen molar-refractivity contribution < 1.29 is 14.2 Å². The Morgan fingerprint density at radius 3 is 2.40 bits per heavy atom. The monoisotopic (exact) mass is 219 g/mol. The van der Waals surface area contributed by atoms with E-state index < -0.39 is 0 Å². The molecule has 1 unspecified atom stereocenters. The van der Waals surface area contributed by atoms with E-state index in [-0.39, 0.29) is 0 Å². The van der Waals surface area contributed by atoms with Crippen molar-refractivity contribution in [2.75, 3.05) is 47.2 Å². The molecule has 15 heavy (non-hydrogen) atoms. The summed E-state index contributed by atoms with van der Waals surface area (Å²) < 4.78 is 15.7. The highest BCUT2D eigenvalue weighted by Crippen LogP contribution is 1.91. The minimum atomic E-state index is 0.457. The van der Waals surface area contributed by atoms with Crippen LogP contribution in [-0.4, -0.2) is 53.2 Å². The van der Waals surface area contributed by atoms with E-state index in [9.17, 15) is 0 Å². The third kappa shape index (κ3) is 10.1. The molecule has 0 aliphatic heterocycles. The lowest BCUT2D eigenvalue weighted by Gasteiger charge is -2.13. The Labute approximate surface area is 93.3 Å². The van der Waals surface area contributed by atoms with E-state index in [2.05, 4.69) is 12.2 Å². The maximum Gasteiger partial charge on any atom is 0.0701 e. The van der Waals surface area contributed by atoms with Gasteiger partial charge in [0.15, 0.2) is 0 Å². The molecule has 0 heterocycles. The Hall–Kier alpha value is -0.160. The number of ether oxygens (including phenoxy) is 3. The third-order valence-electron chi connectivity index (χ3n) is 2.23. The second-order valence-electron chi connectivity index (χ2n) is 3.43. The Bertz CT molecular complexity index is 118. The van der Waals surface area contributed by atoms with E-state index in [1.165, 1.54) is 0 Å². The summed E-state index contributed by atoms with van der Waals surface area (Å²) in [6.45, 7) is 5.76. The van der Waals surface area contributed by atoms with Gasteiger partial charge >= 0.3 is 0 Å². The first kappa shape index (κ1) is 14.8. The average molecular weight is 219 g/mol. The van der Waals surface area contributed by atoms with E-state index >= 15 is 0 Å². The van der Waals surface area contributed by atoms with Crippen LogP contribution in [0.4, 0.5) is 0 Å². The average Bonchev–Trinajstić information content (AvgIpc) is 2.27. The van der Waals surface area contributed by atoms with Crippen LogP contribution in [0.15, 0.2) is 0 Å². The molecule has 92 valence electrons. The first-order valence-electron chi connectivity index (χ1n) is 5.66. The first-order chi connectivity index (χ1) is 7.35. The molecule has 0 fully saturated rings. The lowest BCUT2D eigenvalue weighted by molar-refractivity contribution is 0.0329. The lowest BCUT2D eigenvalue weighted by atomic mass is 10.2. The number of hydrogen-bond donors (Lipinski definition) is 1. The fourth-order valence-electron chi connectivity index (χ4n) is 1.16. The summed E-state index contributed by atoms with van der Waals surface area (Å²) in [7, 11) is 3.66. The van der Waals surface area contributed by atoms with Crippen LogP contribution in [0.2, 0.25) is 0 Å². The Morgan fingerprint density at radius 1 is 1.07 bits per heavy atom. The van der Waals surface area contributed by atoms with Crippen molar-refractivity contribution in [1.29, 1.82) is 0 Å². The molecule has 0 rings (SSSR count). The number of likely N-dealkylation sites (N-methyl/N-ethyl adjacent to an activating group) is 1. The van der Waals surface area contributed by atoms with Crippen LogP contribution in [0.3, 0.4) is 0 Å². The Kier molecular flexibility index (Phi) is 11.8. The van der Waals surface area contributed by atoms with Crippen molar-refractivity contribution in [3.05, 3.63) is 0 Å². The van der Waals surface area contributed by atoms with Gasteiger partial charge in [0.05, 0.1) is 19.8 Å². The summed E-state index contributed by atoms with van der Waals surface area (Å²) in [6.07, 6.45) is 2.04. The number of hydrogen-bond acceptors (Lipinski definition) is 4. The van der Waals surface area contributed by atoms with Crippen LogP contribution in [0.5, 0.6) is 0 Å². The van der Waals surface area contributed by atoms with E-state index in [1.807, 2.05) is 7.05 Å². The van der Waals surface area contributed by atoms with Crippen LogP contribution in [0.1, 0.15) is 19.8 Å². The fraction of sp³-hybridized carbons (Fsp3) is 1.00. The maximum atomic E-state index is 5.47. The molecule has 0 spiro atoms. The molecule has 0 saturated carbocycles. The summed E-state index contributed by atoms with van der Waals surface area (Å²) in [5, 5.41) is 3.19. The third-order valence-corrected chi connectivity index (χ3v) is 2.23. The molecule has 0 amide bonds. The molecule has 0 aromatic heterocycles. The fourth-order valence-corrected chi connectivity index (χ4v) is 1.16. The molecule has 0 bridgehead atoms. The zero-order chi connectivity index (χ0) is 11.4. The molecule has 0 aromatic carbocycles. The van der Waals surface area contributed by atoms with Gasteiger partial charge in [-0.1, -0.05) is 6.92 Å². The minimum absolute atomic E-state index is 0.457. The normalized spacial score (nSPS) is 13.0. The standard InChI is InChI=1S/C11H25NO3/c1-4-11(12-2)10-15-9-8-14-7-5-6-13-3/h11-12H,4-10H2,1-3H3. The van der Waals surface area contributed by atoms with Crippen LogP contribution in [0.25, 0.3) is 0 Å². The highest BCUT2D eigenvalue weighted by atomic mass is 16.5. The van der Waals surface area contributed by atoms with Crippen molar-refractivity contribution in [1.82, 2.24) is 5.32 Å². The van der Waals surface area contributed by atoms with Crippen molar-refractivity contribution in [2.24, 2.45) is 0 Å². The van der Waals surface area contributed by atoms with E-state index in [0.29, 0.717) is 19.3 Å². The van der Waals surface area contributed by atoms with Crippen molar-refractivity contribution in [2.45, 2.75) is 25.8 Å².